The van der Waals surface area contributed by atoms with Gasteiger partial charge in [-0.3, -0.25) is 0 Å². The van der Waals surface area contributed by atoms with Crippen molar-refractivity contribution in [1.29, 1.82) is 5.26 Å². The summed E-state index contributed by atoms with van der Waals surface area (Å²) in [6, 6.07) is 22.4. The van der Waals surface area contributed by atoms with Crippen LogP contribution in [0.25, 0.3) is 0 Å². The molecule has 1 saturated heterocycles. The van der Waals surface area contributed by atoms with Crippen LogP contribution in [0.2, 0.25) is 0 Å². The third-order valence-electron chi connectivity index (χ3n) is 6.42. The molecule has 35 heavy (non-hydrogen) atoms. The zero-order valence-electron chi connectivity index (χ0n) is 19.2. The molecule has 0 amide bonds. The van der Waals surface area contributed by atoms with Crippen molar-refractivity contribution in [3.05, 3.63) is 102 Å². The van der Waals surface area contributed by atoms with Crippen LogP contribution < -0.4 is 10.1 Å². The Labute approximate surface area is 204 Å². The highest BCUT2D eigenvalue weighted by Gasteiger charge is 2.40. The summed E-state index contributed by atoms with van der Waals surface area (Å²) in [5.74, 6) is 0.468. The molecule has 7 nitrogen and oxygen atoms in total. The molecule has 0 spiro atoms. The van der Waals surface area contributed by atoms with Crippen LogP contribution in [0.1, 0.15) is 29.7 Å². The third-order valence-corrected chi connectivity index (χ3v) is 8.23. The minimum Gasteiger partial charge on any atom is -0.455 e. The third kappa shape index (κ3) is 3.99. The molecule has 0 bridgehead atoms. The Balaban J connectivity index is 1.60. The van der Waals surface area contributed by atoms with E-state index in [0.29, 0.717) is 11.3 Å². The molecule has 3 aromatic carbocycles. The molecule has 1 N–H and O–H groups in total. The number of nitriles is 1. The molecule has 0 aliphatic carbocycles. The highest BCUT2D eigenvalue weighted by Crippen LogP contribution is 2.41. The van der Waals surface area contributed by atoms with Crippen molar-refractivity contribution in [2.24, 2.45) is 7.05 Å². The maximum atomic E-state index is 13.4. The number of imidazole rings is 1. The fourth-order valence-electron chi connectivity index (χ4n) is 4.69. The quantitative estimate of drug-likeness (QED) is 0.431. The number of para-hydroxylation sites is 1. The zero-order chi connectivity index (χ0) is 24.5. The van der Waals surface area contributed by atoms with Gasteiger partial charge in [-0.25, -0.2) is 13.4 Å². The van der Waals surface area contributed by atoms with E-state index in [1.165, 1.54) is 6.07 Å². The Bertz CT molecular complexity index is 1520. The van der Waals surface area contributed by atoms with Gasteiger partial charge in [-0.1, -0.05) is 36.4 Å². The molecule has 2 heterocycles. The Morgan fingerprint density at radius 2 is 1.83 bits per heavy atom. The minimum absolute atomic E-state index is 0.0424. The second kappa shape index (κ2) is 9.02. The molecule has 1 aliphatic rings. The van der Waals surface area contributed by atoms with Crippen LogP contribution in [0.4, 0.5) is 0 Å². The highest BCUT2D eigenvalue weighted by molar-refractivity contribution is 7.91. The maximum Gasteiger partial charge on any atom is 0.210 e. The van der Waals surface area contributed by atoms with Gasteiger partial charge in [-0.15, -0.1) is 0 Å². The van der Waals surface area contributed by atoms with Crippen LogP contribution >= 0.6 is 0 Å². The van der Waals surface area contributed by atoms with Gasteiger partial charge in [0.2, 0.25) is 9.84 Å². The number of benzene rings is 3. The molecule has 1 atom stereocenters. The van der Waals surface area contributed by atoms with Gasteiger partial charge in [0.1, 0.15) is 22.5 Å². The lowest BCUT2D eigenvalue weighted by molar-refractivity contribution is 0.436. The van der Waals surface area contributed by atoms with Gasteiger partial charge in [0.25, 0.3) is 0 Å². The monoisotopic (exact) mass is 484 g/mol. The first kappa shape index (κ1) is 22.8. The number of aryl methyl sites for hydroxylation is 1. The minimum atomic E-state index is -3.82. The normalized spacial score (nSPS) is 17.7. The topological polar surface area (TPSA) is 97.0 Å². The molecule has 5 rings (SSSR count). The van der Waals surface area contributed by atoms with Crippen LogP contribution in [0, 0.1) is 11.3 Å². The summed E-state index contributed by atoms with van der Waals surface area (Å²) in [6.07, 6.45) is 5.46. The van der Waals surface area contributed by atoms with Crippen molar-refractivity contribution in [1.82, 2.24) is 14.9 Å². The average Bonchev–Trinajstić information content (AvgIpc) is 3.55. The number of nitrogens with zero attached hydrogens (tertiary/aromatic N) is 3. The Hall–Kier alpha value is -3.93. The van der Waals surface area contributed by atoms with Gasteiger partial charge < -0.3 is 14.6 Å². The number of nitrogens with one attached hydrogen (secondary N) is 1. The molecule has 1 fully saturated rings. The SMILES string of the molecule is Cn1cncc1C1(c2ccc(C#N)c(Oc3ccccc3S(=O)(=O)c3ccccc3)c2)CCCN1. The van der Waals surface area contributed by atoms with E-state index in [4.69, 9.17) is 4.74 Å². The first-order valence-corrected chi connectivity index (χ1v) is 12.8. The van der Waals surface area contributed by atoms with Gasteiger partial charge in [0.15, 0.2) is 0 Å². The van der Waals surface area contributed by atoms with Gasteiger partial charge in [0, 0.05) is 7.05 Å². The van der Waals surface area contributed by atoms with E-state index in [1.807, 2.05) is 29.9 Å². The molecule has 8 heteroatoms. The number of hydrogen-bond donors (Lipinski definition) is 1. The van der Waals surface area contributed by atoms with Crippen molar-refractivity contribution < 1.29 is 13.2 Å². The summed E-state index contributed by atoms with van der Waals surface area (Å²) in [7, 11) is -1.87. The lowest BCUT2D eigenvalue weighted by atomic mass is 9.84. The van der Waals surface area contributed by atoms with Crippen molar-refractivity contribution in [3.8, 4) is 17.6 Å². The molecule has 176 valence electrons. The molecule has 1 unspecified atom stereocenters. The van der Waals surface area contributed by atoms with Gasteiger partial charge >= 0.3 is 0 Å². The number of hydrogen-bond acceptors (Lipinski definition) is 6. The highest BCUT2D eigenvalue weighted by atomic mass is 32.2. The predicted molar refractivity (Wildman–Crippen MR) is 131 cm³/mol. The van der Waals surface area contributed by atoms with E-state index < -0.39 is 15.4 Å². The van der Waals surface area contributed by atoms with E-state index in [1.54, 1.807) is 60.9 Å². The van der Waals surface area contributed by atoms with E-state index in [9.17, 15) is 13.7 Å². The number of sulfone groups is 1. The Morgan fingerprint density at radius 3 is 2.51 bits per heavy atom. The molecule has 4 aromatic rings. The van der Waals surface area contributed by atoms with Gasteiger partial charge in [0.05, 0.1) is 34.2 Å². The molecule has 1 aliphatic heterocycles. The molecule has 0 radical (unpaired) electrons. The van der Waals surface area contributed by atoms with Crippen LogP contribution in [0.3, 0.4) is 0 Å². The summed E-state index contributed by atoms with van der Waals surface area (Å²) in [5, 5.41) is 13.4. The van der Waals surface area contributed by atoms with Crippen molar-refractivity contribution in [2.45, 2.75) is 28.2 Å². The lowest BCUT2D eigenvalue weighted by Crippen LogP contribution is -2.39. The second-order valence-electron chi connectivity index (χ2n) is 8.51. The van der Waals surface area contributed by atoms with Crippen molar-refractivity contribution >= 4 is 9.84 Å². The average molecular weight is 485 g/mol. The summed E-state index contributed by atoms with van der Waals surface area (Å²) in [5.41, 5.74) is 1.78. The summed E-state index contributed by atoms with van der Waals surface area (Å²) in [4.78, 5) is 4.52. The predicted octanol–water partition coefficient (Wildman–Crippen LogP) is 4.54. The van der Waals surface area contributed by atoms with Crippen LogP contribution in [0.5, 0.6) is 11.5 Å². The number of aromatic nitrogens is 2. The molecule has 0 saturated carbocycles. The zero-order valence-corrected chi connectivity index (χ0v) is 20.0. The molecule has 1 aromatic heterocycles. The Kier molecular flexibility index (Phi) is 5.89. The first-order chi connectivity index (χ1) is 17.0. The number of ether oxygens (including phenoxy) is 1. The smallest absolute Gasteiger partial charge is 0.210 e. The molecular formula is C27H24N4O3S. The van der Waals surface area contributed by atoms with Crippen LogP contribution in [0.15, 0.2) is 95.1 Å². The maximum absolute atomic E-state index is 13.4. The first-order valence-electron chi connectivity index (χ1n) is 11.3. The fourth-order valence-corrected chi connectivity index (χ4v) is 6.09. The summed E-state index contributed by atoms with van der Waals surface area (Å²) >= 11 is 0. The lowest BCUT2D eigenvalue weighted by Gasteiger charge is -2.31. The molecular weight excluding hydrogens is 460 g/mol. The van der Waals surface area contributed by atoms with E-state index in [0.717, 1.165) is 30.6 Å². The van der Waals surface area contributed by atoms with Gasteiger partial charge in [-0.05, 0) is 61.3 Å². The Morgan fingerprint density at radius 1 is 1.06 bits per heavy atom. The standard InChI is InChI=1S/C27H24N4O3S/c1-31-19-29-18-26(31)27(14-7-15-30-27)21-13-12-20(17-28)24(16-21)34-23-10-5-6-11-25(23)35(32,33)22-8-3-2-4-9-22/h2-6,8-13,16,18-19,30H,7,14-15H2,1H3. The van der Waals surface area contributed by atoms with E-state index in [-0.39, 0.29) is 15.5 Å². The van der Waals surface area contributed by atoms with Crippen molar-refractivity contribution in [3.63, 3.8) is 0 Å². The van der Waals surface area contributed by atoms with E-state index in [2.05, 4.69) is 16.4 Å². The van der Waals surface area contributed by atoms with Crippen LogP contribution in [-0.2, 0) is 22.4 Å². The summed E-state index contributed by atoms with van der Waals surface area (Å²) in [6.45, 7) is 0.847. The second-order valence-corrected chi connectivity index (χ2v) is 10.4. The largest absolute Gasteiger partial charge is 0.455 e. The van der Waals surface area contributed by atoms with Crippen LogP contribution in [-0.4, -0.2) is 24.5 Å². The number of rotatable bonds is 6. The summed E-state index contributed by atoms with van der Waals surface area (Å²) < 4.78 is 34.9. The van der Waals surface area contributed by atoms with E-state index >= 15 is 0 Å². The van der Waals surface area contributed by atoms with Crippen molar-refractivity contribution in [2.75, 3.05) is 6.54 Å². The van der Waals surface area contributed by atoms with Gasteiger partial charge in [-0.2, -0.15) is 5.26 Å². The fraction of sp³-hybridized carbons (Fsp3) is 0.185.